The summed E-state index contributed by atoms with van der Waals surface area (Å²) in [5.74, 6) is 1.38. The lowest BCUT2D eigenvalue weighted by Gasteiger charge is -2.28. The Labute approximate surface area is 206 Å². The first-order chi connectivity index (χ1) is 17.0. The second-order valence-corrected chi connectivity index (χ2v) is 10.6. The number of aromatic nitrogens is 2. The molecule has 8 nitrogen and oxygen atoms in total. The van der Waals surface area contributed by atoms with E-state index in [4.69, 9.17) is 9.26 Å². The molecule has 1 N–H and O–H groups in total. The first-order valence-corrected chi connectivity index (χ1v) is 13.4. The maximum absolute atomic E-state index is 12.8. The first kappa shape index (κ1) is 23.3. The molecule has 2 heterocycles. The fourth-order valence-corrected chi connectivity index (χ4v) is 5.79. The summed E-state index contributed by atoms with van der Waals surface area (Å²) in [6, 6.07) is 13.5. The molecule has 180 valence electrons. The lowest BCUT2D eigenvalue weighted by molar-refractivity contribution is 0.198. The summed E-state index contributed by atoms with van der Waals surface area (Å²) < 4.78 is 11.3. The van der Waals surface area contributed by atoms with Gasteiger partial charge >= 0.3 is 6.03 Å². The molecule has 0 bridgehead atoms. The molecular weight excluding hydrogens is 461 g/mol. The number of amides is 2. The van der Waals surface area contributed by atoms with Crippen molar-refractivity contribution in [2.75, 3.05) is 25.4 Å². The van der Waals surface area contributed by atoms with Gasteiger partial charge in [0.05, 0.1) is 17.7 Å². The molecule has 0 unspecified atom stereocenters. The van der Waals surface area contributed by atoms with Crippen LogP contribution in [0.2, 0.25) is 0 Å². The van der Waals surface area contributed by atoms with Crippen molar-refractivity contribution >= 4 is 14.6 Å². The van der Waals surface area contributed by atoms with Crippen LogP contribution in [0.15, 0.2) is 40.9 Å². The summed E-state index contributed by atoms with van der Waals surface area (Å²) in [5.41, 5.74) is 4.25. The van der Waals surface area contributed by atoms with Crippen LogP contribution in [0.25, 0.3) is 22.8 Å². The minimum absolute atomic E-state index is 0.0140. The Morgan fingerprint density at radius 1 is 1.29 bits per heavy atom. The fraction of sp³-hybridized carbons (Fsp3) is 0.385. The normalized spacial score (nSPS) is 17.2. The number of nitrogens with zero attached hydrogens (tertiary/aromatic N) is 4. The van der Waals surface area contributed by atoms with Crippen LogP contribution in [0.4, 0.5) is 4.79 Å². The van der Waals surface area contributed by atoms with Crippen molar-refractivity contribution in [2.24, 2.45) is 0 Å². The maximum Gasteiger partial charge on any atom is 0.317 e. The molecule has 1 aromatic heterocycles. The summed E-state index contributed by atoms with van der Waals surface area (Å²) in [6.07, 6.45) is 3.85. The first-order valence-electron chi connectivity index (χ1n) is 12.0. The van der Waals surface area contributed by atoms with E-state index in [0.717, 1.165) is 63.5 Å². The Kier molecular flexibility index (Phi) is 6.70. The minimum atomic E-state index is -0.0306. The van der Waals surface area contributed by atoms with Gasteiger partial charge in [-0.15, -0.1) is 8.58 Å². The van der Waals surface area contributed by atoms with Crippen LogP contribution in [0.3, 0.4) is 0 Å². The minimum Gasteiger partial charge on any atom is -0.490 e. The van der Waals surface area contributed by atoms with Gasteiger partial charge in [-0.1, -0.05) is 23.4 Å². The second-order valence-electron chi connectivity index (χ2n) is 9.06. The Morgan fingerprint density at radius 2 is 2.11 bits per heavy atom. The third kappa shape index (κ3) is 4.87. The number of nitrogens with one attached hydrogen (secondary N) is 1. The molecule has 2 amide bonds. The van der Waals surface area contributed by atoms with Gasteiger partial charge in [0.15, 0.2) is 0 Å². The molecule has 9 heteroatoms. The van der Waals surface area contributed by atoms with Crippen molar-refractivity contribution < 1.29 is 14.1 Å². The predicted octanol–water partition coefficient (Wildman–Crippen LogP) is 4.75. The molecule has 0 saturated carbocycles. The largest absolute Gasteiger partial charge is 0.490 e. The fourth-order valence-electron chi connectivity index (χ4n) is 4.68. The SMILES string of the molecule is CC(C)Oc1ccc(-c2nc(-c3cccc4c3CC[C@@H]4NC(=O)N3CCPCC3)no2)cc1C#N. The van der Waals surface area contributed by atoms with Crippen molar-refractivity contribution in [3.05, 3.63) is 53.1 Å². The average molecular weight is 490 g/mol. The van der Waals surface area contributed by atoms with Gasteiger partial charge in [-0.05, 0) is 68.3 Å². The van der Waals surface area contributed by atoms with Crippen LogP contribution in [-0.2, 0) is 6.42 Å². The van der Waals surface area contributed by atoms with E-state index in [1.807, 2.05) is 36.9 Å². The summed E-state index contributed by atoms with van der Waals surface area (Å²) in [6.45, 7) is 5.52. The van der Waals surface area contributed by atoms with Crippen LogP contribution in [0.5, 0.6) is 5.75 Å². The van der Waals surface area contributed by atoms with Gasteiger partial charge in [-0.2, -0.15) is 10.2 Å². The molecule has 1 aliphatic carbocycles. The molecule has 3 aromatic rings. The van der Waals surface area contributed by atoms with E-state index >= 15 is 0 Å². The zero-order chi connectivity index (χ0) is 24.4. The van der Waals surface area contributed by atoms with Gasteiger partial charge in [0, 0.05) is 24.2 Å². The van der Waals surface area contributed by atoms with E-state index in [2.05, 4.69) is 27.6 Å². The van der Waals surface area contributed by atoms with Crippen molar-refractivity contribution in [3.8, 4) is 34.7 Å². The Balaban J connectivity index is 1.37. The topological polar surface area (TPSA) is 104 Å². The predicted molar refractivity (Wildman–Crippen MR) is 135 cm³/mol. The van der Waals surface area contributed by atoms with Gasteiger partial charge in [-0.25, -0.2) is 4.79 Å². The standard InChI is InChI=1S/C26H28N5O3P/c1-16(2)33-23-9-6-17(14-18(23)15-27)25-29-24(30-34-25)21-5-3-4-20-19(21)7-8-22(20)28-26(32)31-10-12-35-13-11-31/h3-6,9,14,16,22,35H,7-8,10-13H2,1-2H3,(H,28,32)/t22-/m0/s1. The zero-order valence-corrected chi connectivity index (χ0v) is 20.9. The Bertz CT molecular complexity index is 1280. The number of carbonyl (C=O) groups excluding carboxylic acids is 1. The summed E-state index contributed by atoms with van der Waals surface area (Å²) in [4.78, 5) is 19.3. The van der Waals surface area contributed by atoms with Gasteiger partial charge in [0.2, 0.25) is 5.82 Å². The second kappa shape index (κ2) is 10.1. The van der Waals surface area contributed by atoms with Crippen molar-refractivity contribution in [2.45, 2.75) is 38.8 Å². The molecule has 0 radical (unpaired) electrons. The van der Waals surface area contributed by atoms with Gasteiger partial charge in [0.1, 0.15) is 11.8 Å². The molecule has 1 atom stereocenters. The summed E-state index contributed by atoms with van der Waals surface area (Å²) in [5, 5.41) is 17.0. The van der Waals surface area contributed by atoms with E-state index in [1.165, 1.54) is 0 Å². The highest BCUT2D eigenvalue weighted by molar-refractivity contribution is 7.38. The molecule has 1 fully saturated rings. The van der Waals surface area contributed by atoms with Crippen LogP contribution in [0, 0.1) is 11.3 Å². The lowest BCUT2D eigenvalue weighted by atomic mass is 10.0. The Morgan fingerprint density at radius 3 is 2.89 bits per heavy atom. The molecule has 0 spiro atoms. The van der Waals surface area contributed by atoms with Crippen molar-refractivity contribution in [1.29, 1.82) is 5.26 Å². The monoisotopic (exact) mass is 489 g/mol. The van der Waals surface area contributed by atoms with Crippen LogP contribution in [0.1, 0.15) is 43.0 Å². The van der Waals surface area contributed by atoms with Gasteiger partial charge in [-0.3, -0.25) is 0 Å². The highest BCUT2D eigenvalue weighted by Crippen LogP contribution is 2.38. The van der Waals surface area contributed by atoms with E-state index in [-0.39, 0.29) is 18.2 Å². The number of ether oxygens (including phenoxy) is 1. The van der Waals surface area contributed by atoms with Gasteiger partial charge < -0.3 is 19.5 Å². The Hall–Kier alpha value is -3.43. The zero-order valence-electron chi connectivity index (χ0n) is 19.9. The summed E-state index contributed by atoms with van der Waals surface area (Å²) in [7, 11) is 0.964. The molecular formula is C26H28N5O3P. The molecule has 5 rings (SSSR count). The number of urea groups is 1. The highest BCUT2D eigenvalue weighted by Gasteiger charge is 2.29. The van der Waals surface area contributed by atoms with Crippen molar-refractivity contribution in [1.82, 2.24) is 20.4 Å². The van der Waals surface area contributed by atoms with E-state index in [0.29, 0.717) is 28.6 Å². The number of benzene rings is 2. The van der Waals surface area contributed by atoms with Crippen LogP contribution in [-0.4, -0.2) is 52.6 Å². The molecule has 1 saturated heterocycles. The number of nitriles is 1. The smallest absolute Gasteiger partial charge is 0.317 e. The van der Waals surface area contributed by atoms with Gasteiger partial charge in [0.25, 0.3) is 5.89 Å². The maximum atomic E-state index is 12.8. The van der Waals surface area contributed by atoms with Crippen LogP contribution < -0.4 is 10.1 Å². The molecule has 2 aromatic carbocycles. The molecule has 35 heavy (non-hydrogen) atoms. The van der Waals surface area contributed by atoms with E-state index < -0.39 is 0 Å². The molecule has 1 aliphatic heterocycles. The van der Waals surface area contributed by atoms with Crippen LogP contribution >= 0.6 is 8.58 Å². The van der Waals surface area contributed by atoms with E-state index in [1.54, 1.807) is 12.1 Å². The highest BCUT2D eigenvalue weighted by atomic mass is 31.1. The molecule has 2 aliphatic rings. The number of rotatable bonds is 5. The lowest BCUT2D eigenvalue weighted by Crippen LogP contribution is -2.44. The third-order valence-corrected chi connectivity index (χ3v) is 7.50. The number of hydrogen-bond acceptors (Lipinski definition) is 6. The average Bonchev–Trinajstić information content (AvgIpc) is 3.52. The van der Waals surface area contributed by atoms with Crippen molar-refractivity contribution in [3.63, 3.8) is 0 Å². The number of carbonyl (C=O) groups is 1. The summed E-state index contributed by atoms with van der Waals surface area (Å²) >= 11 is 0. The van der Waals surface area contributed by atoms with E-state index in [9.17, 15) is 10.1 Å². The number of fused-ring (bicyclic) bond motifs is 1. The third-order valence-electron chi connectivity index (χ3n) is 6.35. The number of hydrogen-bond donors (Lipinski definition) is 1. The quantitative estimate of drug-likeness (QED) is 0.519.